The Morgan fingerprint density at radius 3 is 2.75 bits per heavy atom. The van der Waals surface area contributed by atoms with Gasteiger partial charge < -0.3 is 4.57 Å². The highest BCUT2D eigenvalue weighted by Crippen LogP contribution is 2.10. The fourth-order valence-corrected chi connectivity index (χ4v) is 2.20. The second kappa shape index (κ2) is 6.19. The summed E-state index contributed by atoms with van der Waals surface area (Å²) in [6.07, 6.45) is 1.56. The van der Waals surface area contributed by atoms with Crippen LogP contribution >= 0.6 is 11.8 Å². The van der Waals surface area contributed by atoms with Crippen LogP contribution in [-0.4, -0.2) is 21.1 Å². The average Bonchev–Trinajstić information content (AvgIpc) is 2.66. The number of nitrogens with zero attached hydrogens (tertiary/aromatic N) is 4. The number of thioether (sulfide) groups is 1. The Kier molecular flexibility index (Phi) is 4.88. The summed E-state index contributed by atoms with van der Waals surface area (Å²) in [5, 5.41) is 17.6. The van der Waals surface area contributed by atoms with Crippen LogP contribution in [0.1, 0.15) is 25.2 Å². The van der Waals surface area contributed by atoms with E-state index >= 15 is 0 Å². The second-order valence-electron chi connectivity index (χ2n) is 3.83. The molecule has 0 unspecified atom stereocenters. The molecule has 1 rings (SSSR count). The van der Waals surface area contributed by atoms with Gasteiger partial charge in [-0.05, 0) is 11.7 Å². The quantitative estimate of drug-likeness (QED) is 0.731. The molecule has 0 atom stereocenters. The van der Waals surface area contributed by atoms with Crippen molar-refractivity contribution in [3.63, 3.8) is 0 Å². The number of aromatic nitrogens is 2. The van der Waals surface area contributed by atoms with Crippen molar-refractivity contribution >= 4 is 11.8 Å². The Labute approximate surface area is 99.9 Å². The van der Waals surface area contributed by atoms with Crippen molar-refractivity contribution in [1.29, 1.82) is 10.5 Å². The fourth-order valence-electron chi connectivity index (χ4n) is 1.23. The first-order valence-electron chi connectivity index (χ1n) is 5.12. The molecule has 4 nitrogen and oxygen atoms in total. The third-order valence-corrected chi connectivity index (χ3v) is 3.35. The van der Waals surface area contributed by atoms with Crippen LogP contribution in [0.5, 0.6) is 0 Å². The summed E-state index contributed by atoms with van der Waals surface area (Å²) in [6.45, 7) is 5.09. The largest absolute Gasteiger partial charge is 0.320 e. The first kappa shape index (κ1) is 12.6. The van der Waals surface area contributed by atoms with Gasteiger partial charge in [-0.2, -0.15) is 22.3 Å². The minimum Gasteiger partial charge on any atom is -0.320 e. The summed E-state index contributed by atoms with van der Waals surface area (Å²) >= 11 is 1.85. The lowest BCUT2D eigenvalue weighted by molar-refractivity contribution is 0.738. The predicted octanol–water partition coefficient (Wildman–Crippen LogP) is 2.02. The van der Waals surface area contributed by atoms with Gasteiger partial charge >= 0.3 is 0 Å². The van der Waals surface area contributed by atoms with Crippen LogP contribution < -0.4 is 0 Å². The van der Waals surface area contributed by atoms with Crippen LogP contribution in [0.15, 0.2) is 6.33 Å². The number of hydrogen-bond donors (Lipinski definition) is 0. The Morgan fingerprint density at radius 1 is 1.44 bits per heavy atom. The van der Waals surface area contributed by atoms with Gasteiger partial charge in [-0.1, -0.05) is 13.8 Å². The molecule has 0 aliphatic rings. The summed E-state index contributed by atoms with van der Waals surface area (Å²) < 4.78 is 1.74. The maximum absolute atomic E-state index is 8.90. The minimum atomic E-state index is 0.219. The number of hydrogen-bond acceptors (Lipinski definition) is 4. The third kappa shape index (κ3) is 3.29. The van der Waals surface area contributed by atoms with E-state index in [1.54, 1.807) is 10.9 Å². The summed E-state index contributed by atoms with van der Waals surface area (Å²) in [5.41, 5.74) is 0.587. The molecule has 0 radical (unpaired) electrons. The first-order valence-corrected chi connectivity index (χ1v) is 6.27. The van der Waals surface area contributed by atoms with Crippen LogP contribution in [0.25, 0.3) is 0 Å². The Morgan fingerprint density at radius 2 is 2.19 bits per heavy atom. The van der Waals surface area contributed by atoms with Gasteiger partial charge in [-0.25, -0.2) is 4.98 Å². The molecule has 0 saturated carbocycles. The molecular weight excluding hydrogens is 220 g/mol. The van der Waals surface area contributed by atoms with Crippen molar-refractivity contribution in [3.05, 3.63) is 17.7 Å². The molecule has 0 aromatic carbocycles. The van der Waals surface area contributed by atoms with Gasteiger partial charge in [0.25, 0.3) is 0 Å². The van der Waals surface area contributed by atoms with Gasteiger partial charge in [0.15, 0.2) is 11.4 Å². The van der Waals surface area contributed by atoms with Crippen LogP contribution in [0, 0.1) is 28.6 Å². The minimum absolute atomic E-state index is 0.219. The predicted molar refractivity (Wildman–Crippen MR) is 63.8 cm³/mol. The molecule has 0 aliphatic carbocycles. The molecule has 0 aliphatic heterocycles. The van der Waals surface area contributed by atoms with E-state index in [1.165, 1.54) is 0 Å². The molecule has 0 N–H and O–H groups in total. The monoisotopic (exact) mass is 234 g/mol. The Bertz CT molecular complexity index is 422. The van der Waals surface area contributed by atoms with Gasteiger partial charge in [-0.15, -0.1) is 0 Å². The smallest absolute Gasteiger partial charge is 0.176 e. The summed E-state index contributed by atoms with van der Waals surface area (Å²) in [6, 6.07) is 3.93. The fraction of sp³-hybridized carbons (Fsp3) is 0.545. The van der Waals surface area contributed by atoms with E-state index in [1.807, 2.05) is 23.9 Å². The lowest BCUT2D eigenvalue weighted by Crippen LogP contribution is -2.03. The molecule has 1 aromatic heterocycles. The van der Waals surface area contributed by atoms with E-state index in [9.17, 15) is 0 Å². The van der Waals surface area contributed by atoms with E-state index in [0.29, 0.717) is 11.6 Å². The average molecular weight is 234 g/mol. The lowest BCUT2D eigenvalue weighted by Gasteiger charge is -2.05. The number of nitriles is 2. The van der Waals surface area contributed by atoms with E-state index in [4.69, 9.17) is 10.5 Å². The second-order valence-corrected chi connectivity index (χ2v) is 4.98. The van der Waals surface area contributed by atoms with Crippen LogP contribution in [0.2, 0.25) is 0 Å². The topological polar surface area (TPSA) is 65.4 Å². The molecule has 0 spiro atoms. The zero-order chi connectivity index (χ0) is 12.0. The molecular formula is C11H14N4S. The molecule has 0 amide bonds. The van der Waals surface area contributed by atoms with E-state index in [-0.39, 0.29) is 5.69 Å². The molecule has 0 saturated heterocycles. The standard InChI is InChI=1S/C11H14N4S/c1-9(2)7-16-4-3-15-8-14-10(5-12)11(15)6-13/h8-9H,3-4,7H2,1-2H3. The Balaban J connectivity index is 2.52. The van der Waals surface area contributed by atoms with Crippen molar-refractivity contribution in [2.24, 2.45) is 5.92 Å². The maximum Gasteiger partial charge on any atom is 0.176 e. The van der Waals surface area contributed by atoms with Crippen molar-refractivity contribution in [2.45, 2.75) is 20.4 Å². The van der Waals surface area contributed by atoms with Crippen molar-refractivity contribution in [2.75, 3.05) is 11.5 Å². The number of aryl methyl sites for hydroxylation is 1. The van der Waals surface area contributed by atoms with Gasteiger partial charge in [-0.3, -0.25) is 0 Å². The summed E-state index contributed by atoms with van der Waals surface area (Å²) in [7, 11) is 0. The lowest BCUT2D eigenvalue weighted by atomic mass is 10.3. The Hall–Kier alpha value is -1.46. The third-order valence-electron chi connectivity index (χ3n) is 1.98. The summed E-state index contributed by atoms with van der Waals surface area (Å²) in [5.74, 6) is 2.73. The molecule has 1 heterocycles. The molecule has 16 heavy (non-hydrogen) atoms. The highest BCUT2D eigenvalue weighted by Gasteiger charge is 2.09. The normalized spacial score (nSPS) is 10.1. The molecule has 84 valence electrons. The molecule has 1 aromatic rings. The SMILES string of the molecule is CC(C)CSCCn1cnc(C#N)c1C#N. The van der Waals surface area contributed by atoms with E-state index in [2.05, 4.69) is 18.8 Å². The molecule has 5 heteroatoms. The maximum atomic E-state index is 8.90. The highest BCUT2D eigenvalue weighted by atomic mass is 32.2. The van der Waals surface area contributed by atoms with Crippen LogP contribution in [-0.2, 0) is 6.54 Å². The zero-order valence-electron chi connectivity index (χ0n) is 9.47. The van der Waals surface area contributed by atoms with E-state index < -0.39 is 0 Å². The van der Waals surface area contributed by atoms with Crippen molar-refractivity contribution in [3.8, 4) is 12.1 Å². The van der Waals surface area contributed by atoms with Gasteiger partial charge in [0.2, 0.25) is 0 Å². The van der Waals surface area contributed by atoms with Gasteiger partial charge in [0.05, 0.1) is 6.33 Å². The molecule has 0 bridgehead atoms. The molecule has 0 fully saturated rings. The summed E-state index contributed by atoms with van der Waals surface area (Å²) in [4.78, 5) is 3.89. The first-order chi connectivity index (χ1) is 7.69. The van der Waals surface area contributed by atoms with Crippen molar-refractivity contribution < 1.29 is 0 Å². The highest BCUT2D eigenvalue weighted by molar-refractivity contribution is 7.99. The zero-order valence-corrected chi connectivity index (χ0v) is 10.3. The van der Waals surface area contributed by atoms with E-state index in [0.717, 1.165) is 18.1 Å². The number of imidazole rings is 1. The van der Waals surface area contributed by atoms with Crippen LogP contribution in [0.3, 0.4) is 0 Å². The van der Waals surface area contributed by atoms with Crippen molar-refractivity contribution in [1.82, 2.24) is 9.55 Å². The number of rotatable bonds is 5. The van der Waals surface area contributed by atoms with Gasteiger partial charge in [0.1, 0.15) is 12.1 Å². The van der Waals surface area contributed by atoms with Crippen LogP contribution in [0.4, 0.5) is 0 Å². The van der Waals surface area contributed by atoms with Gasteiger partial charge in [0, 0.05) is 12.3 Å².